The van der Waals surface area contributed by atoms with Crippen molar-refractivity contribution in [2.75, 3.05) is 57.9 Å². The summed E-state index contributed by atoms with van der Waals surface area (Å²) >= 11 is 6.37. The smallest absolute Gasteiger partial charge is 0.255 e. The van der Waals surface area contributed by atoms with Crippen LogP contribution >= 0.6 is 11.6 Å². The molecule has 0 aliphatic carbocycles. The van der Waals surface area contributed by atoms with Gasteiger partial charge in [-0.05, 0) is 43.8 Å². The summed E-state index contributed by atoms with van der Waals surface area (Å²) in [7, 11) is 1.62. The van der Waals surface area contributed by atoms with E-state index in [1.807, 2.05) is 17.7 Å². The summed E-state index contributed by atoms with van der Waals surface area (Å²) in [4.78, 5) is 20.0. The molecule has 1 aliphatic rings. The average molecular weight is 514 g/mol. The zero-order chi connectivity index (χ0) is 25.7. The monoisotopic (exact) mass is 513 g/mol. The van der Waals surface area contributed by atoms with Gasteiger partial charge in [0.05, 0.1) is 35.1 Å². The van der Waals surface area contributed by atoms with E-state index in [4.69, 9.17) is 21.4 Å². The first kappa shape index (κ1) is 26.1. The van der Waals surface area contributed by atoms with Crippen LogP contribution in [0.2, 0.25) is 5.02 Å². The van der Waals surface area contributed by atoms with Crippen LogP contribution in [0.1, 0.15) is 28.5 Å². The molecule has 2 heterocycles. The lowest BCUT2D eigenvalue weighted by atomic mass is 10.1. The first-order chi connectivity index (χ1) is 17.4. The molecule has 0 atom stereocenters. The van der Waals surface area contributed by atoms with Gasteiger partial charge in [-0.2, -0.15) is 5.10 Å². The number of aryl methyl sites for hydroxylation is 1. The molecule has 0 saturated carbocycles. The second kappa shape index (κ2) is 11.9. The highest BCUT2D eigenvalue weighted by Gasteiger charge is 2.28. The van der Waals surface area contributed by atoms with E-state index >= 15 is 0 Å². The van der Waals surface area contributed by atoms with Gasteiger partial charge >= 0.3 is 0 Å². The molecular weight excluding hydrogens is 481 g/mol. The van der Waals surface area contributed by atoms with Crippen molar-refractivity contribution in [1.29, 1.82) is 0 Å². The van der Waals surface area contributed by atoms with Crippen LogP contribution < -0.4 is 4.90 Å². The Morgan fingerprint density at radius 3 is 2.56 bits per heavy atom. The third kappa shape index (κ3) is 5.72. The molecular formula is C27H33ClFN5O2. The van der Waals surface area contributed by atoms with Crippen LogP contribution in [0.5, 0.6) is 0 Å². The van der Waals surface area contributed by atoms with E-state index in [0.717, 1.165) is 49.8 Å². The molecule has 0 bridgehead atoms. The number of piperazine rings is 1. The molecule has 0 N–H and O–H groups in total. The average Bonchev–Trinajstić information content (AvgIpc) is 3.22. The number of ether oxygens (including phenoxy) is 1. The molecule has 1 saturated heterocycles. The lowest BCUT2D eigenvalue weighted by Gasteiger charge is -2.36. The highest BCUT2D eigenvalue weighted by atomic mass is 35.5. The first-order valence-electron chi connectivity index (χ1n) is 12.3. The minimum Gasteiger partial charge on any atom is -0.383 e. The molecule has 0 radical (unpaired) electrons. The first-order valence-corrected chi connectivity index (χ1v) is 12.6. The Balaban J connectivity index is 1.75. The maximum absolute atomic E-state index is 14.2. The van der Waals surface area contributed by atoms with Crippen molar-refractivity contribution < 1.29 is 13.9 Å². The Kier molecular flexibility index (Phi) is 8.61. The number of rotatable bonds is 9. The predicted molar refractivity (Wildman–Crippen MR) is 141 cm³/mol. The molecule has 192 valence electrons. The zero-order valence-corrected chi connectivity index (χ0v) is 21.8. The summed E-state index contributed by atoms with van der Waals surface area (Å²) in [6.45, 7) is 9.70. The molecule has 36 heavy (non-hydrogen) atoms. The highest BCUT2D eigenvalue weighted by molar-refractivity contribution is 6.33. The second-order valence-corrected chi connectivity index (χ2v) is 9.31. The number of hydrogen-bond acceptors (Lipinski definition) is 5. The SMILES string of the molecule is CCN1CCN(c2c(CN(CCOC)C(=O)c3ccccc3Cl)c(C)nn2-c2cccc(F)c2)CC1. The number of anilines is 1. The number of halogens is 2. The summed E-state index contributed by atoms with van der Waals surface area (Å²) in [6, 6.07) is 13.5. The molecule has 7 nitrogen and oxygen atoms in total. The standard InChI is InChI=1S/C27H33ClFN5O2/c1-4-31-12-14-32(15-13-31)26-24(20(2)30-34(26)22-9-7-8-21(29)18-22)19-33(16-17-36-3)27(35)23-10-5-6-11-25(23)28/h5-11,18H,4,12-17,19H2,1-3H3. The number of nitrogens with zero attached hydrogens (tertiary/aromatic N) is 5. The van der Waals surface area contributed by atoms with Crippen molar-refractivity contribution in [2.24, 2.45) is 0 Å². The van der Waals surface area contributed by atoms with Gasteiger partial charge in [-0.15, -0.1) is 0 Å². The lowest BCUT2D eigenvalue weighted by Crippen LogP contribution is -2.47. The molecule has 2 aromatic carbocycles. The lowest BCUT2D eigenvalue weighted by molar-refractivity contribution is 0.0680. The van der Waals surface area contributed by atoms with Crippen molar-refractivity contribution in [3.63, 3.8) is 0 Å². The fourth-order valence-electron chi connectivity index (χ4n) is 4.57. The highest BCUT2D eigenvalue weighted by Crippen LogP contribution is 2.31. The molecule has 4 rings (SSSR count). The maximum Gasteiger partial charge on any atom is 0.255 e. The molecule has 1 fully saturated rings. The van der Waals surface area contributed by atoms with Crippen molar-refractivity contribution >= 4 is 23.3 Å². The number of likely N-dealkylation sites (N-methyl/N-ethyl adjacent to an activating group) is 1. The molecule has 1 aromatic heterocycles. The fraction of sp³-hybridized carbons (Fsp3) is 0.407. The molecule has 1 aliphatic heterocycles. The number of benzene rings is 2. The normalized spacial score (nSPS) is 14.3. The van der Waals surface area contributed by atoms with Gasteiger partial charge in [0.2, 0.25) is 0 Å². The van der Waals surface area contributed by atoms with Crippen molar-refractivity contribution in [3.8, 4) is 5.69 Å². The summed E-state index contributed by atoms with van der Waals surface area (Å²) < 4.78 is 21.3. The van der Waals surface area contributed by atoms with E-state index in [9.17, 15) is 9.18 Å². The number of aromatic nitrogens is 2. The van der Waals surface area contributed by atoms with E-state index in [-0.39, 0.29) is 11.7 Å². The van der Waals surface area contributed by atoms with E-state index in [1.165, 1.54) is 12.1 Å². The Labute approximate surface area is 217 Å². The zero-order valence-electron chi connectivity index (χ0n) is 21.1. The van der Waals surface area contributed by atoms with Crippen LogP contribution in [-0.4, -0.2) is 78.5 Å². The molecule has 3 aromatic rings. The van der Waals surface area contributed by atoms with Gasteiger partial charge in [-0.25, -0.2) is 9.07 Å². The number of methoxy groups -OCH3 is 1. The van der Waals surface area contributed by atoms with Crippen molar-refractivity contribution in [3.05, 3.63) is 76.2 Å². The van der Waals surface area contributed by atoms with Crippen LogP contribution in [0.15, 0.2) is 48.5 Å². The van der Waals surface area contributed by atoms with Gasteiger partial charge in [-0.3, -0.25) is 4.79 Å². The summed E-state index contributed by atoms with van der Waals surface area (Å²) in [6.07, 6.45) is 0. The van der Waals surface area contributed by atoms with E-state index in [1.54, 1.807) is 42.3 Å². The van der Waals surface area contributed by atoms with E-state index in [0.29, 0.717) is 36.0 Å². The number of carbonyl (C=O) groups is 1. The van der Waals surface area contributed by atoms with Gasteiger partial charge in [0, 0.05) is 45.4 Å². The van der Waals surface area contributed by atoms with E-state index in [2.05, 4.69) is 16.7 Å². The van der Waals surface area contributed by atoms with Crippen LogP contribution in [0.3, 0.4) is 0 Å². The summed E-state index contributed by atoms with van der Waals surface area (Å²) in [5.41, 5.74) is 2.82. The molecule has 0 unspecified atom stereocenters. The van der Waals surface area contributed by atoms with E-state index < -0.39 is 0 Å². The van der Waals surface area contributed by atoms with Crippen LogP contribution in [0, 0.1) is 12.7 Å². The van der Waals surface area contributed by atoms with Crippen LogP contribution in [-0.2, 0) is 11.3 Å². The van der Waals surface area contributed by atoms with Crippen LogP contribution in [0.4, 0.5) is 10.2 Å². The topological polar surface area (TPSA) is 53.8 Å². The Bertz CT molecular complexity index is 1190. The number of carbonyl (C=O) groups excluding carboxylic acids is 1. The van der Waals surface area contributed by atoms with Gasteiger partial charge in [0.15, 0.2) is 0 Å². The fourth-order valence-corrected chi connectivity index (χ4v) is 4.79. The third-order valence-electron chi connectivity index (χ3n) is 6.63. The molecule has 0 spiro atoms. The number of amides is 1. The minimum absolute atomic E-state index is 0.169. The Morgan fingerprint density at radius 2 is 1.89 bits per heavy atom. The largest absolute Gasteiger partial charge is 0.383 e. The maximum atomic E-state index is 14.2. The van der Waals surface area contributed by atoms with Crippen LogP contribution in [0.25, 0.3) is 5.69 Å². The van der Waals surface area contributed by atoms with Gasteiger partial charge in [0.25, 0.3) is 5.91 Å². The summed E-state index contributed by atoms with van der Waals surface area (Å²) in [5, 5.41) is 5.23. The molecule has 1 amide bonds. The van der Waals surface area contributed by atoms with Crippen molar-refractivity contribution in [1.82, 2.24) is 19.6 Å². The predicted octanol–water partition coefficient (Wildman–Crippen LogP) is 4.40. The second-order valence-electron chi connectivity index (χ2n) is 8.90. The van der Waals surface area contributed by atoms with Gasteiger partial charge in [0.1, 0.15) is 11.6 Å². The Morgan fingerprint density at radius 1 is 1.14 bits per heavy atom. The quantitative estimate of drug-likeness (QED) is 0.424. The molecule has 9 heteroatoms. The van der Waals surface area contributed by atoms with Gasteiger partial charge < -0.3 is 19.4 Å². The number of hydrogen-bond donors (Lipinski definition) is 0. The minimum atomic E-state index is -0.320. The summed E-state index contributed by atoms with van der Waals surface area (Å²) in [5.74, 6) is 0.403. The van der Waals surface area contributed by atoms with Gasteiger partial charge in [-0.1, -0.05) is 36.7 Å². The van der Waals surface area contributed by atoms with Crippen molar-refractivity contribution in [2.45, 2.75) is 20.4 Å². The third-order valence-corrected chi connectivity index (χ3v) is 6.96. The Hall–Kier alpha value is -2.94.